The van der Waals surface area contributed by atoms with Crippen LogP contribution in [-0.4, -0.2) is 45.9 Å². The van der Waals surface area contributed by atoms with Gasteiger partial charge >= 0.3 is 0 Å². The molecule has 0 spiro atoms. The van der Waals surface area contributed by atoms with Crippen LogP contribution in [0.1, 0.15) is 53.9 Å². The molecule has 0 amide bonds. The lowest BCUT2D eigenvalue weighted by Crippen LogP contribution is -2.52. The molecule has 3 heteroatoms. The van der Waals surface area contributed by atoms with Crippen molar-refractivity contribution in [3.63, 3.8) is 0 Å². The van der Waals surface area contributed by atoms with E-state index in [1.807, 2.05) is 6.92 Å². The van der Waals surface area contributed by atoms with Crippen molar-refractivity contribution in [1.82, 2.24) is 4.90 Å². The molecule has 1 N–H and O–H groups in total. The zero-order valence-electron chi connectivity index (χ0n) is 11.9. The van der Waals surface area contributed by atoms with Crippen molar-refractivity contribution in [2.75, 3.05) is 13.1 Å². The Hall–Kier alpha value is -0.120. The Labute approximate surface area is 105 Å². The number of nitrogens with zero attached hydrogens (tertiary/aromatic N) is 1. The molecule has 0 aliphatic carbocycles. The number of ether oxygens (including phenoxy) is 1. The van der Waals surface area contributed by atoms with Gasteiger partial charge in [-0.1, -0.05) is 0 Å². The van der Waals surface area contributed by atoms with Crippen molar-refractivity contribution in [2.45, 2.75) is 76.7 Å². The third-order valence-electron chi connectivity index (χ3n) is 4.34. The topological polar surface area (TPSA) is 32.7 Å². The zero-order chi connectivity index (χ0) is 12.9. The largest absolute Gasteiger partial charge is 0.390 e. The van der Waals surface area contributed by atoms with Gasteiger partial charge < -0.3 is 9.84 Å². The number of rotatable bonds is 1. The minimum absolute atomic E-state index is 0.0197. The summed E-state index contributed by atoms with van der Waals surface area (Å²) in [5, 5.41) is 10.0. The molecule has 3 nitrogen and oxygen atoms in total. The number of hydrogen-bond donors (Lipinski definition) is 1. The first kappa shape index (κ1) is 13.3. The molecule has 0 aromatic carbocycles. The van der Waals surface area contributed by atoms with E-state index in [4.69, 9.17) is 4.74 Å². The van der Waals surface area contributed by atoms with Crippen LogP contribution in [-0.2, 0) is 4.74 Å². The second kappa shape index (κ2) is 3.94. The molecule has 0 bridgehead atoms. The average Bonchev–Trinajstić information content (AvgIpc) is 2.34. The van der Waals surface area contributed by atoms with Crippen LogP contribution >= 0.6 is 0 Å². The Kier molecular flexibility index (Phi) is 3.08. The summed E-state index contributed by atoms with van der Waals surface area (Å²) in [7, 11) is 0. The van der Waals surface area contributed by atoms with E-state index in [1.165, 1.54) is 0 Å². The zero-order valence-corrected chi connectivity index (χ0v) is 11.9. The number of aliphatic hydroxyl groups is 1. The van der Waals surface area contributed by atoms with Crippen LogP contribution in [0, 0.1) is 0 Å². The van der Waals surface area contributed by atoms with Crippen molar-refractivity contribution in [3.8, 4) is 0 Å². The first-order valence-electron chi connectivity index (χ1n) is 6.78. The first-order valence-corrected chi connectivity index (χ1v) is 6.78. The molecule has 0 aromatic heterocycles. The molecular formula is C14H27NO2. The van der Waals surface area contributed by atoms with Crippen molar-refractivity contribution >= 4 is 0 Å². The number of likely N-dealkylation sites (tertiary alicyclic amines) is 1. The van der Waals surface area contributed by atoms with E-state index >= 15 is 0 Å². The van der Waals surface area contributed by atoms with Crippen LogP contribution < -0.4 is 0 Å². The maximum atomic E-state index is 10.0. The summed E-state index contributed by atoms with van der Waals surface area (Å²) >= 11 is 0. The summed E-state index contributed by atoms with van der Waals surface area (Å²) in [6.45, 7) is 12.7. The van der Waals surface area contributed by atoms with Gasteiger partial charge in [-0.3, -0.25) is 4.90 Å². The van der Waals surface area contributed by atoms with Gasteiger partial charge in [0.05, 0.1) is 16.8 Å². The van der Waals surface area contributed by atoms with E-state index in [1.54, 1.807) is 0 Å². The van der Waals surface area contributed by atoms with E-state index in [2.05, 4.69) is 32.6 Å². The van der Waals surface area contributed by atoms with Gasteiger partial charge in [0.25, 0.3) is 0 Å². The van der Waals surface area contributed by atoms with E-state index in [0.29, 0.717) is 6.04 Å². The van der Waals surface area contributed by atoms with Gasteiger partial charge in [0.15, 0.2) is 0 Å². The van der Waals surface area contributed by atoms with E-state index in [0.717, 1.165) is 32.4 Å². The lowest BCUT2D eigenvalue weighted by atomic mass is 9.88. The summed E-state index contributed by atoms with van der Waals surface area (Å²) in [5.41, 5.74) is -0.559. The van der Waals surface area contributed by atoms with Crippen LogP contribution in [0.25, 0.3) is 0 Å². The van der Waals surface area contributed by atoms with Gasteiger partial charge in [-0.05, 0) is 53.9 Å². The SMILES string of the molecule is CC1(O)CCN(C2CC(C)(C)OC2(C)C)CC1. The fourth-order valence-electron chi connectivity index (χ4n) is 3.42. The Bertz CT molecular complexity index is 287. The van der Waals surface area contributed by atoms with Crippen molar-refractivity contribution in [2.24, 2.45) is 0 Å². The smallest absolute Gasteiger partial charge is 0.0789 e. The van der Waals surface area contributed by atoms with Crippen molar-refractivity contribution < 1.29 is 9.84 Å². The van der Waals surface area contributed by atoms with Gasteiger partial charge in [0, 0.05) is 19.1 Å². The Morgan fingerprint density at radius 3 is 2.00 bits per heavy atom. The summed E-state index contributed by atoms with van der Waals surface area (Å²) in [4.78, 5) is 2.51. The summed E-state index contributed by atoms with van der Waals surface area (Å²) in [6, 6.07) is 0.480. The highest BCUT2D eigenvalue weighted by Crippen LogP contribution is 2.41. The van der Waals surface area contributed by atoms with Crippen LogP contribution in [0.3, 0.4) is 0 Å². The molecule has 2 fully saturated rings. The third kappa shape index (κ3) is 2.83. The van der Waals surface area contributed by atoms with Gasteiger partial charge in [-0.15, -0.1) is 0 Å². The van der Waals surface area contributed by atoms with Crippen LogP contribution in [0.4, 0.5) is 0 Å². The molecule has 17 heavy (non-hydrogen) atoms. The molecule has 1 atom stereocenters. The maximum absolute atomic E-state index is 10.0. The summed E-state index contributed by atoms with van der Waals surface area (Å²) in [6.07, 6.45) is 2.84. The lowest BCUT2D eigenvalue weighted by Gasteiger charge is -2.42. The van der Waals surface area contributed by atoms with Crippen molar-refractivity contribution in [1.29, 1.82) is 0 Å². The summed E-state index contributed by atoms with van der Waals surface area (Å²) in [5.74, 6) is 0. The molecule has 100 valence electrons. The average molecular weight is 241 g/mol. The lowest BCUT2D eigenvalue weighted by molar-refractivity contribution is -0.0897. The van der Waals surface area contributed by atoms with Crippen LogP contribution in [0.2, 0.25) is 0 Å². The number of hydrogen-bond acceptors (Lipinski definition) is 3. The minimum Gasteiger partial charge on any atom is -0.390 e. The van der Waals surface area contributed by atoms with Crippen LogP contribution in [0.15, 0.2) is 0 Å². The Morgan fingerprint density at radius 2 is 1.59 bits per heavy atom. The normalized spacial score (nSPS) is 36.0. The maximum Gasteiger partial charge on any atom is 0.0789 e. The highest BCUT2D eigenvalue weighted by molar-refractivity contribution is 5.01. The quantitative estimate of drug-likeness (QED) is 0.764. The predicted octanol–water partition coefficient (Wildman–Crippen LogP) is 2.18. The standard InChI is InChI=1S/C14H27NO2/c1-12(2)10-11(13(3,4)17-12)15-8-6-14(5,16)7-9-15/h11,16H,6-10H2,1-5H3. The van der Waals surface area contributed by atoms with Crippen molar-refractivity contribution in [3.05, 3.63) is 0 Å². The molecule has 1 unspecified atom stereocenters. The second-order valence-corrected chi connectivity index (χ2v) is 7.22. The Morgan fingerprint density at radius 1 is 1.06 bits per heavy atom. The summed E-state index contributed by atoms with van der Waals surface area (Å²) < 4.78 is 6.15. The second-order valence-electron chi connectivity index (χ2n) is 7.22. The molecule has 0 saturated carbocycles. The van der Waals surface area contributed by atoms with Gasteiger partial charge in [0.1, 0.15) is 0 Å². The molecule has 2 aliphatic heterocycles. The predicted molar refractivity (Wildman–Crippen MR) is 69.1 cm³/mol. The van der Waals surface area contributed by atoms with Crippen LogP contribution in [0.5, 0.6) is 0 Å². The first-order chi connectivity index (χ1) is 7.61. The van der Waals surface area contributed by atoms with E-state index in [-0.39, 0.29) is 11.2 Å². The molecule has 2 heterocycles. The highest BCUT2D eigenvalue weighted by Gasteiger charge is 2.49. The number of piperidine rings is 1. The molecule has 2 aliphatic rings. The fourth-order valence-corrected chi connectivity index (χ4v) is 3.42. The van der Waals surface area contributed by atoms with Gasteiger partial charge in [-0.2, -0.15) is 0 Å². The van der Waals surface area contributed by atoms with Gasteiger partial charge in [0.2, 0.25) is 0 Å². The monoisotopic (exact) mass is 241 g/mol. The minimum atomic E-state index is -0.463. The fraction of sp³-hybridized carbons (Fsp3) is 1.00. The molecule has 2 saturated heterocycles. The molecule has 0 aromatic rings. The highest BCUT2D eigenvalue weighted by atomic mass is 16.5. The third-order valence-corrected chi connectivity index (χ3v) is 4.34. The van der Waals surface area contributed by atoms with E-state index in [9.17, 15) is 5.11 Å². The molecule has 0 radical (unpaired) electrons. The molecular weight excluding hydrogens is 214 g/mol. The molecule has 2 rings (SSSR count). The van der Waals surface area contributed by atoms with Gasteiger partial charge in [-0.25, -0.2) is 0 Å². The Balaban J connectivity index is 2.04. The van der Waals surface area contributed by atoms with E-state index < -0.39 is 5.60 Å².